The molecule has 0 bridgehead atoms. The number of rotatable bonds is 4. The number of piperidine rings is 1. The Labute approximate surface area is 138 Å². The number of amides is 1. The van der Waals surface area contributed by atoms with Crippen molar-refractivity contribution in [2.24, 2.45) is 0 Å². The molecule has 1 fully saturated rings. The summed E-state index contributed by atoms with van der Waals surface area (Å²) in [5.41, 5.74) is 0.943. The Morgan fingerprint density at radius 3 is 3.09 bits per heavy atom. The first-order chi connectivity index (χ1) is 11.1. The molecule has 124 valence electrons. The number of fused-ring (bicyclic) bond motifs is 1. The van der Waals surface area contributed by atoms with Crippen molar-refractivity contribution >= 4 is 27.5 Å². The predicted molar refractivity (Wildman–Crippen MR) is 92.0 cm³/mol. The van der Waals surface area contributed by atoms with Crippen molar-refractivity contribution in [2.75, 3.05) is 13.1 Å². The van der Waals surface area contributed by atoms with Crippen LogP contribution in [0.1, 0.15) is 29.7 Å². The largest absolute Gasteiger partial charge is 0.352 e. The topological polar surface area (TPSA) is 76.0 Å². The second kappa shape index (κ2) is 6.80. The fourth-order valence-electron chi connectivity index (χ4n) is 2.93. The number of carbonyl (C=O) groups is 1. The Morgan fingerprint density at radius 2 is 2.35 bits per heavy atom. The monoisotopic (exact) mass is 334 g/mol. The smallest absolute Gasteiger partial charge is 0.262 e. The summed E-state index contributed by atoms with van der Waals surface area (Å²) >= 11 is 1.54. The minimum atomic E-state index is -0.0519. The van der Waals surface area contributed by atoms with Gasteiger partial charge in [-0.05, 0) is 38.8 Å². The third-order valence-corrected chi connectivity index (χ3v) is 5.51. The van der Waals surface area contributed by atoms with Gasteiger partial charge in [0.05, 0.1) is 11.7 Å². The lowest BCUT2D eigenvalue weighted by Crippen LogP contribution is -2.45. The molecule has 1 atom stereocenters. The summed E-state index contributed by atoms with van der Waals surface area (Å²) in [7, 11) is 0. The van der Waals surface area contributed by atoms with Gasteiger partial charge in [0.1, 0.15) is 4.83 Å². The normalized spacial score (nSPS) is 18.3. The van der Waals surface area contributed by atoms with Crippen molar-refractivity contribution in [1.29, 1.82) is 0 Å². The van der Waals surface area contributed by atoms with E-state index >= 15 is 0 Å². The highest BCUT2D eigenvalue weighted by Gasteiger charge is 2.16. The van der Waals surface area contributed by atoms with Crippen LogP contribution in [0, 0.1) is 13.8 Å². The zero-order chi connectivity index (χ0) is 16.4. The molecule has 7 heteroatoms. The number of nitrogens with one attached hydrogen (secondary N) is 2. The molecule has 1 aliphatic heterocycles. The lowest BCUT2D eigenvalue weighted by Gasteiger charge is -2.23. The molecule has 1 amide bonds. The second-order valence-corrected chi connectivity index (χ2v) is 7.27. The summed E-state index contributed by atoms with van der Waals surface area (Å²) in [6, 6.07) is 0.204. The van der Waals surface area contributed by atoms with E-state index in [1.165, 1.54) is 11.3 Å². The van der Waals surface area contributed by atoms with Gasteiger partial charge in [0.15, 0.2) is 0 Å². The number of aryl methyl sites for hydroxylation is 3. The summed E-state index contributed by atoms with van der Waals surface area (Å²) in [5.74, 6) is -0.0103. The summed E-state index contributed by atoms with van der Waals surface area (Å²) in [4.78, 5) is 30.9. The van der Waals surface area contributed by atoms with Gasteiger partial charge < -0.3 is 10.6 Å². The van der Waals surface area contributed by atoms with Gasteiger partial charge in [-0.1, -0.05) is 0 Å². The van der Waals surface area contributed by atoms with Crippen LogP contribution in [0.25, 0.3) is 10.2 Å². The molecule has 2 aromatic rings. The van der Waals surface area contributed by atoms with Crippen LogP contribution in [0.15, 0.2) is 11.1 Å². The van der Waals surface area contributed by atoms with E-state index in [1.54, 1.807) is 10.9 Å². The molecular weight excluding hydrogens is 312 g/mol. The lowest BCUT2D eigenvalue weighted by atomic mass is 10.1. The van der Waals surface area contributed by atoms with E-state index in [-0.39, 0.29) is 17.5 Å². The quantitative estimate of drug-likeness (QED) is 0.884. The molecule has 0 spiro atoms. The van der Waals surface area contributed by atoms with E-state index in [0.29, 0.717) is 18.4 Å². The summed E-state index contributed by atoms with van der Waals surface area (Å²) < 4.78 is 1.54. The van der Waals surface area contributed by atoms with Crippen LogP contribution in [0.5, 0.6) is 0 Å². The molecule has 1 aliphatic rings. The second-order valence-electron chi connectivity index (χ2n) is 6.07. The highest BCUT2D eigenvalue weighted by Crippen LogP contribution is 2.25. The Bertz CT molecular complexity index is 774. The Morgan fingerprint density at radius 1 is 1.52 bits per heavy atom. The SMILES string of the molecule is Cc1sc2ncn(CCC(=O)N[C@H]3CCCNC3)c(=O)c2c1C. The number of thiophene rings is 1. The third-order valence-electron chi connectivity index (χ3n) is 4.40. The Kier molecular flexibility index (Phi) is 4.77. The van der Waals surface area contributed by atoms with Crippen molar-refractivity contribution in [2.45, 2.75) is 45.7 Å². The maximum Gasteiger partial charge on any atom is 0.262 e. The predicted octanol–water partition coefficient (Wildman–Crippen LogP) is 1.33. The van der Waals surface area contributed by atoms with Gasteiger partial charge in [-0.3, -0.25) is 14.2 Å². The van der Waals surface area contributed by atoms with Crippen LogP contribution < -0.4 is 16.2 Å². The fourth-order valence-corrected chi connectivity index (χ4v) is 3.91. The molecule has 2 N–H and O–H groups in total. The minimum Gasteiger partial charge on any atom is -0.352 e. The van der Waals surface area contributed by atoms with Crippen LogP contribution in [-0.4, -0.2) is 34.6 Å². The Balaban J connectivity index is 1.67. The summed E-state index contributed by atoms with van der Waals surface area (Å²) in [6.45, 7) is 6.16. The maximum absolute atomic E-state index is 12.6. The van der Waals surface area contributed by atoms with Crippen molar-refractivity contribution in [3.63, 3.8) is 0 Å². The highest BCUT2D eigenvalue weighted by atomic mass is 32.1. The van der Waals surface area contributed by atoms with Crippen LogP contribution in [0.2, 0.25) is 0 Å². The zero-order valence-corrected chi connectivity index (χ0v) is 14.3. The maximum atomic E-state index is 12.6. The van der Waals surface area contributed by atoms with E-state index in [4.69, 9.17) is 0 Å². The van der Waals surface area contributed by atoms with Crippen LogP contribution in [0.4, 0.5) is 0 Å². The van der Waals surface area contributed by atoms with E-state index in [9.17, 15) is 9.59 Å². The van der Waals surface area contributed by atoms with Crippen molar-refractivity contribution in [3.05, 3.63) is 27.1 Å². The van der Waals surface area contributed by atoms with Gasteiger partial charge in [-0.2, -0.15) is 0 Å². The zero-order valence-electron chi connectivity index (χ0n) is 13.5. The average molecular weight is 334 g/mol. The summed E-state index contributed by atoms with van der Waals surface area (Å²) in [5, 5.41) is 6.99. The van der Waals surface area contributed by atoms with Crippen molar-refractivity contribution in [1.82, 2.24) is 20.2 Å². The van der Waals surface area contributed by atoms with E-state index in [0.717, 1.165) is 41.2 Å². The van der Waals surface area contributed by atoms with E-state index in [2.05, 4.69) is 15.6 Å². The Hall–Kier alpha value is -1.73. The van der Waals surface area contributed by atoms with Gasteiger partial charge in [0.25, 0.3) is 5.56 Å². The molecule has 0 radical (unpaired) electrons. The van der Waals surface area contributed by atoms with Gasteiger partial charge in [0.2, 0.25) is 5.91 Å². The number of carbonyl (C=O) groups excluding carboxylic acids is 1. The number of aromatic nitrogens is 2. The molecule has 1 saturated heterocycles. The highest BCUT2D eigenvalue weighted by molar-refractivity contribution is 7.18. The molecule has 0 aliphatic carbocycles. The lowest BCUT2D eigenvalue weighted by molar-refractivity contribution is -0.122. The standard InChI is InChI=1S/C16H22N4O2S/c1-10-11(2)23-15-14(10)16(22)20(9-18-15)7-5-13(21)19-12-4-3-6-17-8-12/h9,12,17H,3-8H2,1-2H3,(H,19,21)/t12-/m0/s1. The third kappa shape index (κ3) is 3.45. The van der Waals surface area contributed by atoms with E-state index in [1.807, 2.05) is 13.8 Å². The van der Waals surface area contributed by atoms with Gasteiger partial charge >= 0.3 is 0 Å². The summed E-state index contributed by atoms with van der Waals surface area (Å²) in [6.07, 6.45) is 3.95. The number of nitrogens with zero attached hydrogens (tertiary/aromatic N) is 2. The fraction of sp³-hybridized carbons (Fsp3) is 0.562. The van der Waals surface area contributed by atoms with Gasteiger partial charge in [-0.25, -0.2) is 4.98 Å². The first kappa shape index (κ1) is 16.1. The molecule has 2 aromatic heterocycles. The molecule has 0 aromatic carbocycles. The molecule has 23 heavy (non-hydrogen) atoms. The molecule has 0 saturated carbocycles. The molecule has 3 heterocycles. The number of hydrogen-bond donors (Lipinski definition) is 2. The van der Waals surface area contributed by atoms with Crippen molar-refractivity contribution < 1.29 is 4.79 Å². The van der Waals surface area contributed by atoms with Crippen LogP contribution in [0.3, 0.4) is 0 Å². The number of hydrogen-bond acceptors (Lipinski definition) is 5. The minimum absolute atomic E-state index is 0.0103. The molecular formula is C16H22N4O2S. The first-order valence-corrected chi connectivity index (χ1v) is 8.83. The van der Waals surface area contributed by atoms with Crippen molar-refractivity contribution in [3.8, 4) is 0 Å². The van der Waals surface area contributed by atoms with Gasteiger partial charge in [0, 0.05) is 30.4 Å². The average Bonchev–Trinajstić information content (AvgIpc) is 2.83. The molecule has 6 nitrogen and oxygen atoms in total. The van der Waals surface area contributed by atoms with Crippen LogP contribution in [-0.2, 0) is 11.3 Å². The van der Waals surface area contributed by atoms with E-state index < -0.39 is 0 Å². The van der Waals surface area contributed by atoms with Gasteiger partial charge in [-0.15, -0.1) is 11.3 Å². The molecule has 3 rings (SSSR count). The molecule has 0 unspecified atom stereocenters. The van der Waals surface area contributed by atoms with Crippen LogP contribution >= 0.6 is 11.3 Å². The first-order valence-electron chi connectivity index (χ1n) is 8.01.